The maximum atomic E-state index is 11.9. The highest BCUT2D eigenvalue weighted by Crippen LogP contribution is 2.28. The zero-order chi connectivity index (χ0) is 15.4. The van der Waals surface area contributed by atoms with Gasteiger partial charge in [-0.1, -0.05) is 0 Å². The number of aryl methyl sites for hydroxylation is 1. The minimum atomic E-state index is -0.436. The normalized spacial score (nSPS) is 10.0. The summed E-state index contributed by atoms with van der Waals surface area (Å²) < 4.78 is 5.17. The molecule has 0 aliphatic rings. The summed E-state index contributed by atoms with van der Waals surface area (Å²) >= 11 is 0. The number of benzene rings is 1. The van der Waals surface area contributed by atoms with Crippen molar-refractivity contribution in [2.45, 2.75) is 13.8 Å². The number of anilines is 2. The molecule has 2 amide bonds. The Morgan fingerprint density at radius 1 is 1.29 bits per heavy atom. The first kappa shape index (κ1) is 14.5. The number of H-pyrrole nitrogens is 1. The highest BCUT2D eigenvalue weighted by Gasteiger charge is 2.13. The van der Waals surface area contributed by atoms with Crippen LogP contribution in [0, 0.1) is 6.92 Å². The van der Waals surface area contributed by atoms with Gasteiger partial charge in [0.05, 0.1) is 12.8 Å². The molecule has 2 aromatic rings. The van der Waals surface area contributed by atoms with Gasteiger partial charge in [-0.15, -0.1) is 5.10 Å². The second kappa shape index (κ2) is 6.04. The summed E-state index contributed by atoms with van der Waals surface area (Å²) in [6, 6.07) is 4.88. The number of hydrogen-bond acceptors (Lipinski definition) is 5. The third-order valence-electron chi connectivity index (χ3n) is 2.57. The first-order chi connectivity index (χ1) is 9.99. The number of carbonyl (C=O) groups is 2. The molecule has 2 rings (SSSR count). The van der Waals surface area contributed by atoms with Gasteiger partial charge in [0.15, 0.2) is 0 Å². The van der Waals surface area contributed by atoms with Crippen molar-refractivity contribution < 1.29 is 14.3 Å². The predicted octanol–water partition coefficient (Wildman–Crippen LogP) is 1.33. The molecule has 0 spiro atoms. The molecule has 0 unspecified atom stereocenters. The fourth-order valence-corrected chi connectivity index (χ4v) is 1.69. The standard InChI is InChI=1S/C13H15N5O3/c1-7-14-12(18-17-7)13(20)16-9-4-5-10(15-8(2)19)11(6-9)21-3/h4-6H,1-3H3,(H,15,19)(H,16,20)(H,14,17,18). The second-order valence-electron chi connectivity index (χ2n) is 4.29. The molecule has 8 nitrogen and oxygen atoms in total. The summed E-state index contributed by atoms with van der Waals surface area (Å²) in [6.45, 7) is 3.11. The number of ether oxygens (including phenoxy) is 1. The van der Waals surface area contributed by atoms with Crippen LogP contribution in [0.2, 0.25) is 0 Å². The van der Waals surface area contributed by atoms with Crippen molar-refractivity contribution in [3.63, 3.8) is 0 Å². The van der Waals surface area contributed by atoms with E-state index in [-0.39, 0.29) is 11.7 Å². The second-order valence-corrected chi connectivity index (χ2v) is 4.29. The lowest BCUT2D eigenvalue weighted by Crippen LogP contribution is -2.14. The highest BCUT2D eigenvalue weighted by molar-refractivity contribution is 6.02. The Balaban J connectivity index is 2.17. The van der Waals surface area contributed by atoms with Crippen LogP contribution in [0.15, 0.2) is 18.2 Å². The number of hydrogen-bond donors (Lipinski definition) is 3. The van der Waals surface area contributed by atoms with Gasteiger partial charge in [0.2, 0.25) is 11.7 Å². The number of methoxy groups -OCH3 is 1. The van der Waals surface area contributed by atoms with Crippen molar-refractivity contribution in [1.82, 2.24) is 15.2 Å². The quantitative estimate of drug-likeness (QED) is 0.786. The molecule has 0 saturated heterocycles. The Morgan fingerprint density at radius 2 is 2.05 bits per heavy atom. The Bertz CT molecular complexity index is 680. The van der Waals surface area contributed by atoms with Crippen LogP contribution in [0.1, 0.15) is 23.4 Å². The van der Waals surface area contributed by atoms with Gasteiger partial charge in [0, 0.05) is 18.7 Å². The number of carbonyl (C=O) groups excluding carboxylic acids is 2. The molecule has 0 aliphatic heterocycles. The van der Waals surface area contributed by atoms with Crippen LogP contribution < -0.4 is 15.4 Å². The largest absolute Gasteiger partial charge is 0.494 e. The fourth-order valence-electron chi connectivity index (χ4n) is 1.69. The highest BCUT2D eigenvalue weighted by atomic mass is 16.5. The molecule has 1 heterocycles. The number of aromatic nitrogens is 3. The van der Waals surface area contributed by atoms with E-state index in [0.29, 0.717) is 22.9 Å². The fraction of sp³-hybridized carbons (Fsp3) is 0.231. The van der Waals surface area contributed by atoms with Gasteiger partial charge >= 0.3 is 0 Å². The van der Waals surface area contributed by atoms with Gasteiger partial charge in [-0.05, 0) is 19.1 Å². The van der Waals surface area contributed by atoms with Crippen molar-refractivity contribution in [3.05, 3.63) is 29.8 Å². The molecule has 0 atom stereocenters. The Labute approximate surface area is 120 Å². The molecule has 110 valence electrons. The summed E-state index contributed by atoms with van der Waals surface area (Å²) in [5, 5.41) is 11.7. The lowest BCUT2D eigenvalue weighted by molar-refractivity contribution is -0.114. The number of amides is 2. The number of nitrogens with one attached hydrogen (secondary N) is 3. The maximum absolute atomic E-state index is 11.9. The first-order valence-corrected chi connectivity index (χ1v) is 6.15. The minimum absolute atomic E-state index is 0.0532. The van der Waals surface area contributed by atoms with Crippen molar-refractivity contribution >= 4 is 23.2 Å². The van der Waals surface area contributed by atoms with Gasteiger partial charge in [0.1, 0.15) is 11.6 Å². The topological polar surface area (TPSA) is 109 Å². The van der Waals surface area contributed by atoms with Crippen LogP contribution in [0.25, 0.3) is 0 Å². The summed E-state index contributed by atoms with van der Waals surface area (Å²) in [5.74, 6) is 0.403. The van der Waals surface area contributed by atoms with E-state index in [1.165, 1.54) is 14.0 Å². The summed E-state index contributed by atoms with van der Waals surface area (Å²) in [5.41, 5.74) is 1.03. The zero-order valence-electron chi connectivity index (χ0n) is 11.9. The molecule has 1 aromatic heterocycles. The molecule has 0 saturated carbocycles. The molecule has 1 aromatic carbocycles. The van der Waals surface area contributed by atoms with Gasteiger partial charge in [-0.25, -0.2) is 4.98 Å². The van der Waals surface area contributed by atoms with Crippen LogP contribution in [0.3, 0.4) is 0 Å². The lowest BCUT2D eigenvalue weighted by Gasteiger charge is -2.11. The van der Waals surface area contributed by atoms with E-state index in [9.17, 15) is 9.59 Å². The lowest BCUT2D eigenvalue weighted by atomic mass is 10.2. The van der Waals surface area contributed by atoms with E-state index in [1.54, 1.807) is 25.1 Å². The van der Waals surface area contributed by atoms with Crippen molar-refractivity contribution in [2.24, 2.45) is 0 Å². The molecule has 0 fully saturated rings. The molecule has 3 N–H and O–H groups in total. The van der Waals surface area contributed by atoms with Gasteiger partial charge < -0.3 is 15.4 Å². The number of nitrogens with zero attached hydrogens (tertiary/aromatic N) is 2. The third kappa shape index (κ3) is 3.56. The van der Waals surface area contributed by atoms with Crippen LogP contribution in [0.4, 0.5) is 11.4 Å². The van der Waals surface area contributed by atoms with Gasteiger partial charge in [0.25, 0.3) is 5.91 Å². The molecule has 0 aliphatic carbocycles. The SMILES string of the molecule is COc1cc(NC(=O)c2n[nH]c(C)n2)ccc1NC(C)=O. The van der Waals surface area contributed by atoms with E-state index >= 15 is 0 Å². The Morgan fingerprint density at radius 3 is 2.62 bits per heavy atom. The monoisotopic (exact) mass is 289 g/mol. The zero-order valence-corrected chi connectivity index (χ0v) is 11.9. The molecule has 0 radical (unpaired) electrons. The maximum Gasteiger partial charge on any atom is 0.295 e. The average Bonchev–Trinajstić information content (AvgIpc) is 2.86. The van der Waals surface area contributed by atoms with Gasteiger partial charge in [-0.3, -0.25) is 14.7 Å². The van der Waals surface area contributed by atoms with Crippen molar-refractivity contribution in [2.75, 3.05) is 17.7 Å². The van der Waals surface area contributed by atoms with E-state index in [0.717, 1.165) is 0 Å². The van der Waals surface area contributed by atoms with E-state index in [2.05, 4.69) is 25.8 Å². The van der Waals surface area contributed by atoms with E-state index in [1.807, 2.05) is 0 Å². The average molecular weight is 289 g/mol. The number of aromatic amines is 1. The first-order valence-electron chi connectivity index (χ1n) is 6.15. The van der Waals surface area contributed by atoms with Crippen molar-refractivity contribution in [3.8, 4) is 5.75 Å². The number of rotatable bonds is 4. The summed E-state index contributed by atoms with van der Waals surface area (Å²) in [4.78, 5) is 26.9. The van der Waals surface area contributed by atoms with Crippen molar-refractivity contribution in [1.29, 1.82) is 0 Å². The van der Waals surface area contributed by atoms with Crippen LogP contribution in [0.5, 0.6) is 5.75 Å². The molecular weight excluding hydrogens is 274 g/mol. The van der Waals surface area contributed by atoms with E-state index in [4.69, 9.17) is 4.74 Å². The summed E-state index contributed by atoms with van der Waals surface area (Å²) in [7, 11) is 1.48. The van der Waals surface area contributed by atoms with Gasteiger partial charge in [-0.2, -0.15) is 0 Å². The van der Waals surface area contributed by atoms with E-state index < -0.39 is 5.91 Å². The molecule has 21 heavy (non-hydrogen) atoms. The predicted molar refractivity (Wildman–Crippen MR) is 76.4 cm³/mol. The van der Waals surface area contributed by atoms with Crippen LogP contribution in [-0.4, -0.2) is 34.1 Å². The third-order valence-corrected chi connectivity index (χ3v) is 2.57. The molecule has 8 heteroatoms. The smallest absolute Gasteiger partial charge is 0.295 e. The molecule has 0 bridgehead atoms. The Kier molecular flexibility index (Phi) is 4.17. The minimum Gasteiger partial charge on any atom is -0.494 e. The summed E-state index contributed by atoms with van der Waals surface area (Å²) in [6.07, 6.45) is 0. The Hall–Kier alpha value is -2.90. The van der Waals surface area contributed by atoms with Crippen LogP contribution >= 0.6 is 0 Å². The van der Waals surface area contributed by atoms with Crippen LogP contribution in [-0.2, 0) is 4.79 Å². The molecular formula is C13H15N5O3.